The van der Waals surface area contributed by atoms with Crippen LogP contribution in [0.3, 0.4) is 0 Å². The van der Waals surface area contributed by atoms with Crippen molar-refractivity contribution >= 4 is 27.4 Å². The number of aromatic nitrogens is 2. The van der Waals surface area contributed by atoms with Crippen LogP contribution >= 0.6 is 15.9 Å². The normalized spacial score (nSPS) is 12.9. The molecule has 0 saturated heterocycles. The molecule has 2 rings (SSSR count). The summed E-state index contributed by atoms with van der Waals surface area (Å²) in [5.41, 5.74) is 6.34. The van der Waals surface area contributed by atoms with Gasteiger partial charge in [-0.25, -0.2) is 9.78 Å². The van der Waals surface area contributed by atoms with Crippen LogP contribution in [0.1, 0.15) is 23.2 Å². The Bertz CT molecular complexity index is 577. The number of fused-ring (bicyclic) bond motifs is 1. The number of nitrogens with two attached hydrogens (primary N) is 1. The number of rotatable bonds is 3. The van der Waals surface area contributed by atoms with E-state index in [4.69, 9.17) is 10.8 Å². The average molecular weight is 298 g/mol. The fraction of sp³-hybridized carbons (Fsp3) is 0.273. The van der Waals surface area contributed by atoms with Gasteiger partial charge in [0.2, 0.25) is 0 Å². The summed E-state index contributed by atoms with van der Waals surface area (Å²) >= 11 is 3.34. The molecule has 0 radical (unpaired) electrons. The third kappa shape index (κ3) is 2.18. The van der Waals surface area contributed by atoms with Crippen molar-refractivity contribution in [2.75, 3.05) is 0 Å². The van der Waals surface area contributed by atoms with Gasteiger partial charge in [-0.3, -0.25) is 0 Å². The summed E-state index contributed by atoms with van der Waals surface area (Å²) in [6.07, 6.45) is 2.32. The number of pyridine rings is 1. The van der Waals surface area contributed by atoms with E-state index in [9.17, 15) is 4.79 Å². The standard InChI is InChI=1S/C11H12BrN3O2/c1-6(13)5-8-14-9(11(16)17)10-7(12)3-2-4-15(8)10/h2-4,6H,5,13H2,1H3,(H,16,17). The Morgan fingerprint density at radius 1 is 1.71 bits per heavy atom. The zero-order chi connectivity index (χ0) is 12.6. The molecule has 0 aliphatic heterocycles. The first kappa shape index (κ1) is 12.1. The predicted octanol–water partition coefficient (Wildman–Crippen LogP) is 1.68. The molecule has 5 nitrogen and oxygen atoms in total. The molecule has 0 saturated carbocycles. The number of hydrogen-bond acceptors (Lipinski definition) is 3. The number of aromatic carboxylic acids is 1. The minimum Gasteiger partial charge on any atom is -0.476 e. The smallest absolute Gasteiger partial charge is 0.356 e. The number of hydrogen-bond donors (Lipinski definition) is 2. The van der Waals surface area contributed by atoms with E-state index >= 15 is 0 Å². The maximum atomic E-state index is 11.1. The molecule has 0 spiro atoms. The Kier molecular flexibility index (Phi) is 3.17. The van der Waals surface area contributed by atoms with E-state index in [0.29, 0.717) is 22.2 Å². The van der Waals surface area contributed by atoms with Crippen LogP contribution in [0.4, 0.5) is 0 Å². The molecular weight excluding hydrogens is 286 g/mol. The Morgan fingerprint density at radius 3 is 3.00 bits per heavy atom. The highest BCUT2D eigenvalue weighted by molar-refractivity contribution is 9.10. The SMILES string of the molecule is CC(N)Cc1nc(C(=O)O)c2c(Br)cccn12. The predicted molar refractivity (Wildman–Crippen MR) is 67.2 cm³/mol. The van der Waals surface area contributed by atoms with Gasteiger partial charge < -0.3 is 15.2 Å². The van der Waals surface area contributed by atoms with Gasteiger partial charge in [-0.15, -0.1) is 0 Å². The van der Waals surface area contributed by atoms with Gasteiger partial charge in [-0.2, -0.15) is 0 Å². The van der Waals surface area contributed by atoms with Gasteiger partial charge in [-0.1, -0.05) is 0 Å². The number of carbonyl (C=O) groups is 1. The molecule has 0 bridgehead atoms. The maximum absolute atomic E-state index is 11.1. The van der Waals surface area contributed by atoms with Crippen LogP contribution in [-0.4, -0.2) is 26.5 Å². The second-order valence-electron chi connectivity index (χ2n) is 3.94. The van der Waals surface area contributed by atoms with Gasteiger partial charge in [-0.05, 0) is 35.0 Å². The van der Waals surface area contributed by atoms with Gasteiger partial charge in [0.1, 0.15) is 5.82 Å². The van der Waals surface area contributed by atoms with Crippen molar-refractivity contribution in [3.63, 3.8) is 0 Å². The lowest BCUT2D eigenvalue weighted by molar-refractivity contribution is 0.0693. The van der Waals surface area contributed by atoms with Gasteiger partial charge in [0.25, 0.3) is 0 Å². The van der Waals surface area contributed by atoms with E-state index in [2.05, 4.69) is 20.9 Å². The van der Waals surface area contributed by atoms with Crippen LogP contribution in [0, 0.1) is 0 Å². The zero-order valence-corrected chi connectivity index (χ0v) is 10.8. The molecule has 2 heterocycles. The molecule has 0 amide bonds. The lowest BCUT2D eigenvalue weighted by Crippen LogP contribution is -2.19. The molecule has 90 valence electrons. The van der Waals surface area contributed by atoms with Gasteiger partial charge in [0.15, 0.2) is 5.69 Å². The van der Waals surface area contributed by atoms with Crippen LogP contribution in [0.15, 0.2) is 22.8 Å². The van der Waals surface area contributed by atoms with E-state index in [1.165, 1.54) is 0 Å². The minimum atomic E-state index is -1.04. The lowest BCUT2D eigenvalue weighted by atomic mass is 10.2. The van der Waals surface area contributed by atoms with E-state index in [-0.39, 0.29) is 11.7 Å². The third-order valence-electron chi connectivity index (χ3n) is 2.40. The van der Waals surface area contributed by atoms with Crippen LogP contribution in [0.5, 0.6) is 0 Å². The molecule has 17 heavy (non-hydrogen) atoms. The maximum Gasteiger partial charge on any atom is 0.356 e. The molecule has 0 aromatic carbocycles. The van der Waals surface area contributed by atoms with Crippen molar-refractivity contribution in [2.24, 2.45) is 5.73 Å². The highest BCUT2D eigenvalue weighted by atomic mass is 79.9. The molecule has 0 aliphatic rings. The first-order valence-electron chi connectivity index (χ1n) is 5.15. The molecule has 0 fully saturated rings. The van der Waals surface area contributed by atoms with Gasteiger partial charge >= 0.3 is 5.97 Å². The summed E-state index contributed by atoms with van der Waals surface area (Å²) in [4.78, 5) is 15.3. The van der Waals surface area contributed by atoms with Gasteiger partial charge in [0, 0.05) is 23.1 Å². The van der Waals surface area contributed by atoms with Crippen molar-refractivity contribution in [1.82, 2.24) is 9.38 Å². The Balaban J connectivity index is 2.71. The number of nitrogens with zero attached hydrogens (tertiary/aromatic N) is 2. The zero-order valence-electron chi connectivity index (χ0n) is 9.22. The van der Waals surface area contributed by atoms with Crippen molar-refractivity contribution in [2.45, 2.75) is 19.4 Å². The summed E-state index contributed by atoms with van der Waals surface area (Å²) in [5, 5.41) is 9.13. The minimum absolute atomic E-state index is 0.0492. The van der Waals surface area contributed by atoms with Crippen LogP contribution in [0.2, 0.25) is 0 Å². The summed E-state index contributed by atoms with van der Waals surface area (Å²) in [5.74, 6) is -0.376. The van der Waals surface area contributed by atoms with Crippen molar-refractivity contribution in [1.29, 1.82) is 0 Å². The summed E-state index contributed by atoms with van der Waals surface area (Å²) in [6, 6.07) is 3.55. The van der Waals surface area contributed by atoms with E-state index in [0.717, 1.165) is 0 Å². The lowest BCUT2D eigenvalue weighted by Gasteiger charge is -2.04. The number of carboxylic acids is 1. The molecule has 1 atom stereocenters. The third-order valence-corrected chi connectivity index (χ3v) is 3.04. The summed E-state index contributed by atoms with van der Waals surface area (Å²) in [7, 11) is 0. The van der Waals surface area contributed by atoms with Crippen LogP contribution < -0.4 is 5.73 Å². The summed E-state index contributed by atoms with van der Waals surface area (Å²) in [6.45, 7) is 1.86. The number of imidazole rings is 1. The average Bonchev–Trinajstić information content (AvgIpc) is 2.58. The largest absolute Gasteiger partial charge is 0.476 e. The van der Waals surface area contributed by atoms with Gasteiger partial charge in [0.05, 0.1) is 5.52 Å². The quantitative estimate of drug-likeness (QED) is 0.903. The Labute approximate surface area is 106 Å². The summed E-state index contributed by atoms with van der Waals surface area (Å²) < 4.78 is 2.47. The Morgan fingerprint density at radius 2 is 2.41 bits per heavy atom. The molecule has 1 unspecified atom stereocenters. The second kappa shape index (κ2) is 4.46. The number of halogens is 1. The van der Waals surface area contributed by atoms with Crippen molar-refractivity contribution < 1.29 is 9.90 Å². The fourth-order valence-electron chi connectivity index (χ4n) is 1.74. The highest BCUT2D eigenvalue weighted by Gasteiger charge is 2.19. The first-order valence-corrected chi connectivity index (χ1v) is 5.94. The van der Waals surface area contributed by atoms with E-state index in [1.54, 1.807) is 16.7 Å². The van der Waals surface area contributed by atoms with E-state index in [1.807, 2.05) is 13.0 Å². The van der Waals surface area contributed by atoms with Crippen molar-refractivity contribution in [3.8, 4) is 0 Å². The first-order chi connectivity index (χ1) is 8.00. The number of carboxylic acid groups (broad SMARTS) is 1. The monoisotopic (exact) mass is 297 g/mol. The molecule has 2 aromatic rings. The van der Waals surface area contributed by atoms with Crippen LogP contribution in [0.25, 0.3) is 5.52 Å². The molecular formula is C11H12BrN3O2. The fourth-order valence-corrected chi connectivity index (χ4v) is 2.27. The molecule has 2 aromatic heterocycles. The topological polar surface area (TPSA) is 80.6 Å². The van der Waals surface area contributed by atoms with Crippen LogP contribution in [-0.2, 0) is 6.42 Å². The highest BCUT2D eigenvalue weighted by Crippen LogP contribution is 2.23. The van der Waals surface area contributed by atoms with Crippen molar-refractivity contribution in [3.05, 3.63) is 34.3 Å². The second-order valence-corrected chi connectivity index (χ2v) is 4.79. The molecule has 3 N–H and O–H groups in total. The van der Waals surface area contributed by atoms with E-state index < -0.39 is 5.97 Å². The molecule has 0 aliphatic carbocycles. The molecule has 6 heteroatoms. The Hall–Kier alpha value is -1.40.